The van der Waals surface area contributed by atoms with Gasteiger partial charge in [0.25, 0.3) is 5.91 Å². The highest BCUT2D eigenvalue weighted by molar-refractivity contribution is 5.95. The lowest BCUT2D eigenvalue weighted by Crippen LogP contribution is -2.49. The monoisotopic (exact) mass is 252 g/mol. The fourth-order valence-electron chi connectivity index (χ4n) is 2.11. The molecule has 0 aromatic heterocycles. The van der Waals surface area contributed by atoms with Crippen LogP contribution in [0.15, 0.2) is 18.2 Å². The molecule has 0 spiro atoms. The third-order valence-corrected chi connectivity index (χ3v) is 3.45. The SMILES string of the molecule is COC1(CNC(=O)c2cc(N)cc(F)c2)CCC1. The molecule has 1 fully saturated rings. The van der Waals surface area contributed by atoms with Crippen molar-refractivity contribution in [3.05, 3.63) is 29.6 Å². The summed E-state index contributed by atoms with van der Waals surface area (Å²) >= 11 is 0. The predicted molar refractivity (Wildman–Crippen MR) is 66.7 cm³/mol. The minimum atomic E-state index is -0.509. The van der Waals surface area contributed by atoms with Gasteiger partial charge in [-0.25, -0.2) is 4.39 Å². The van der Waals surface area contributed by atoms with Crippen molar-refractivity contribution in [2.45, 2.75) is 24.9 Å². The molecule has 0 aliphatic heterocycles. The highest BCUT2D eigenvalue weighted by Crippen LogP contribution is 2.34. The molecule has 0 atom stereocenters. The van der Waals surface area contributed by atoms with Crippen LogP contribution in [0.1, 0.15) is 29.6 Å². The number of rotatable bonds is 4. The minimum absolute atomic E-state index is 0.234. The van der Waals surface area contributed by atoms with Crippen molar-refractivity contribution in [1.29, 1.82) is 0 Å². The van der Waals surface area contributed by atoms with Gasteiger partial charge in [0.05, 0.1) is 5.60 Å². The van der Waals surface area contributed by atoms with Crippen LogP contribution in [0.2, 0.25) is 0 Å². The number of carbonyl (C=O) groups is 1. The molecule has 1 amide bonds. The van der Waals surface area contributed by atoms with Gasteiger partial charge >= 0.3 is 0 Å². The zero-order chi connectivity index (χ0) is 13.2. The molecule has 0 heterocycles. The molecule has 0 saturated heterocycles. The van der Waals surface area contributed by atoms with Crippen molar-refractivity contribution in [2.24, 2.45) is 0 Å². The van der Waals surface area contributed by atoms with Gasteiger partial charge in [0, 0.05) is 24.9 Å². The molecule has 0 bridgehead atoms. The Morgan fingerprint density at radius 1 is 1.50 bits per heavy atom. The van der Waals surface area contributed by atoms with E-state index in [1.807, 2.05) is 0 Å². The largest absolute Gasteiger partial charge is 0.399 e. The lowest BCUT2D eigenvalue weighted by atomic mass is 9.80. The number of hydrogen-bond acceptors (Lipinski definition) is 3. The Hall–Kier alpha value is -1.62. The Bertz CT molecular complexity index is 433. The Morgan fingerprint density at radius 3 is 2.72 bits per heavy atom. The van der Waals surface area contributed by atoms with Crippen LogP contribution in [0.25, 0.3) is 0 Å². The maximum absolute atomic E-state index is 13.1. The number of benzene rings is 1. The molecule has 1 aliphatic rings. The van der Waals surface area contributed by atoms with Gasteiger partial charge in [0.15, 0.2) is 0 Å². The van der Waals surface area contributed by atoms with E-state index in [2.05, 4.69) is 5.32 Å². The number of nitrogens with one attached hydrogen (secondary N) is 1. The third-order valence-electron chi connectivity index (χ3n) is 3.45. The third kappa shape index (κ3) is 2.61. The van der Waals surface area contributed by atoms with Crippen LogP contribution in [0.4, 0.5) is 10.1 Å². The van der Waals surface area contributed by atoms with Gasteiger partial charge in [-0.3, -0.25) is 4.79 Å². The molecule has 18 heavy (non-hydrogen) atoms. The first-order chi connectivity index (χ1) is 8.54. The van der Waals surface area contributed by atoms with Gasteiger partial charge in [0.2, 0.25) is 0 Å². The van der Waals surface area contributed by atoms with Gasteiger partial charge in [-0.05, 0) is 37.5 Å². The molecule has 5 heteroatoms. The number of nitrogen functional groups attached to an aromatic ring is 1. The van der Waals surface area contributed by atoms with Crippen LogP contribution in [-0.4, -0.2) is 25.2 Å². The van der Waals surface area contributed by atoms with Crippen molar-refractivity contribution in [2.75, 3.05) is 19.4 Å². The molecule has 2 rings (SSSR count). The number of hydrogen-bond donors (Lipinski definition) is 2. The molecule has 0 unspecified atom stereocenters. The second-order valence-electron chi connectivity index (χ2n) is 4.70. The van der Waals surface area contributed by atoms with Crippen LogP contribution in [0, 0.1) is 5.82 Å². The zero-order valence-electron chi connectivity index (χ0n) is 10.3. The van der Waals surface area contributed by atoms with E-state index < -0.39 is 5.82 Å². The first kappa shape index (κ1) is 12.8. The molecule has 3 N–H and O–H groups in total. The van der Waals surface area contributed by atoms with E-state index in [1.54, 1.807) is 7.11 Å². The molecule has 1 aromatic rings. The van der Waals surface area contributed by atoms with Crippen LogP contribution < -0.4 is 11.1 Å². The van der Waals surface area contributed by atoms with Crippen molar-refractivity contribution < 1.29 is 13.9 Å². The van der Waals surface area contributed by atoms with Gasteiger partial charge in [-0.2, -0.15) is 0 Å². The summed E-state index contributed by atoms with van der Waals surface area (Å²) in [5, 5.41) is 2.76. The van der Waals surface area contributed by atoms with E-state index >= 15 is 0 Å². The Balaban J connectivity index is 1.99. The average molecular weight is 252 g/mol. The zero-order valence-corrected chi connectivity index (χ0v) is 10.3. The summed E-state index contributed by atoms with van der Waals surface area (Å²) in [6.07, 6.45) is 2.99. The molecule has 4 nitrogen and oxygen atoms in total. The standard InChI is InChI=1S/C13H17FN2O2/c1-18-13(3-2-4-13)8-16-12(17)9-5-10(14)7-11(15)6-9/h5-7H,2-4,8,15H2,1H3,(H,16,17). The number of anilines is 1. The van der Waals surface area contributed by atoms with Crippen molar-refractivity contribution >= 4 is 11.6 Å². The number of methoxy groups -OCH3 is 1. The van der Waals surface area contributed by atoms with Gasteiger partial charge < -0.3 is 15.8 Å². The lowest BCUT2D eigenvalue weighted by molar-refractivity contribution is -0.0679. The highest BCUT2D eigenvalue weighted by atomic mass is 19.1. The molecule has 0 radical (unpaired) electrons. The molecular formula is C13H17FN2O2. The molecule has 98 valence electrons. The van der Waals surface area contributed by atoms with Gasteiger partial charge in [0.1, 0.15) is 5.82 Å². The van der Waals surface area contributed by atoms with Crippen LogP contribution >= 0.6 is 0 Å². The van der Waals surface area contributed by atoms with E-state index in [9.17, 15) is 9.18 Å². The number of halogens is 1. The van der Waals surface area contributed by atoms with Crippen molar-refractivity contribution in [3.8, 4) is 0 Å². The molecule has 1 saturated carbocycles. The van der Waals surface area contributed by atoms with Crippen molar-refractivity contribution in [3.63, 3.8) is 0 Å². The van der Waals surface area contributed by atoms with E-state index in [0.29, 0.717) is 6.54 Å². The topological polar surface area (TPSA) is 64.3 Å². The van der Waals surface area contributed by atoms with Crippen LogP contribution in [0.3, 0.4) is 0 Å². The predicted octanol–water partition coefficient (Wildman–Crippen LogP) is 1.71. The Morgan fingerprint density at radius 2 is 2.22 bits per heavy atom. The summed E-state index contributed by atoms with van der Waals surface area (Å²) < 4.78 is 18.5. The van der Waals surface area contributed by atoms with Crippen LogP contribution in [0.5, 0.6) is 0 Å². The summed E-state index contributed by atoms with van der Waals surface area (Å²) in [5.41, 5.74) is 5.73. The number of ether oxygens (including phenoxy) is 1. The minimum Gasteiger partial charge on any atom is -0.399 e. The Labute approximate surface area is 105 Å². The fourth-order valence-corrected chi connectivity index (χ4v) is 2.11. The second-order valence-corrected chi connectivity index (χ2v) is 4.70. The maximum atomic E-state index is 13.1. The van der Waals surface area contributed by atoms with E-state index in [0.717, 1.165) is 19.3 Å². The fraction of sp³-hybridized carbons (Fsp3) is 0.462. The summed E-state index contributed by atoms with van der Waals surface area (Å²) in [6.45, 7) is 0.443. The summed E-state index contributed by atoms with van der Waals surface area (Å²) in [4.78, 5) is 11.9. The number of amides is 1. The quantitative estimate of drug-likeness (QED) is 0.802. The number of nitrogens with two attached hydrogens (primary N) is 1. The first-order valence-electron chi connectivity index (χ1n) is 5.94. The van der Waals surface area contributed by atoms with Gasteiger partial charge in [-0.15, -0.1) is 0 Å². The summed E-state index contributed by atoms with van der Waals surface area (Å²) in [5.74, 6) is -0.838. The highest BCUT2D eigenvalue weighted by Gasteiger charge is 2.37. The van der Waals surface area contributed by atoms with E-state index in [1.165, 1.54) is 18.2 Å². The average Bonchev–Trinajstić information content (AvgIpc) is 2.26. The normalized spacial score (nSPS) is 17.0. The van der Waals surface area contributed by atoms with Crippen molar-refractivity contribution in [1.82, 2.24) is 5.32 Å². The first-order valence-corrected chi connectivity index (χ1v) is 5.94. The lowest BCUT2D eigenvalue weighted by Gasteiger charge is -2.40. The maximum Gasteiger partial charge on any atom is 0.251 e. The molecule has 1 aliphatic carbocycles. The smallest absolute Gasteiger partial charge is 0.251 e. The molecular weight excluding hydrogens is 235 g/mol. The van der Waals surface area contributed by atoms with E-state index in [4.69, 9.17) is 10.5 Å². The van der Waals surface area contributed by atoms with E-state index in [-0.39, 0.29) is 22.8 Å². The Kier molecular flexibility index (Phi) is 3.52. The second kappa shape index (κ2) is 4.94. The number of carbonyl (C=O) groups excluding carboxylic acids is 1. The summed E-state index contributed by atoms with van der Waals surface area (Å²) in [6, 6.07) is 3.81. The molecule has 1 aromatic carbocycles. The van der Waals surface area contributed by atoms with Gasteiger partial charge in [-0.1, -0.05) is 0 Å². The van der Waals surface area contributed by atoms with Crippen LogP contribution in [-0.2, 0) is 4.74 Å². The summed E-state index contributed by atoms with van der Waals surface area (Å²) in [7, 11) is 1.64.